The minimum Gasteiger partial charge on any atom is -0.506 e. The van der Waals surface area contributed by atoms with Crippen LogP contribution in [0.5, 0.6) is 5.75 Å². The van der Waals surface area contributed by atoms with E-state index in [1.807, 2.05) is 0 Å². The van der Waals surface area contributed by atoms with Gasteiger partial charge in [-0.15, -0.1) is 3.89 Å². The maximum atomic E-state index is 12.4. The normalized spacial score (nSPS) is 11.6. The third kappa shape index (κ3) is 2.24. The second-order valence-electron chi connectivity index (χ2n) is 2.17. The number of hydrogen-bond acceptors (Lipinski definition) is 3. The zero-order chi connectivity index (χ0) is 10.2. The monoisotopic (exact) mass is 244 g/mol. The van der Waals surface area contributed by atoms with E-state index in [0.717, 1.165) is 12.1 Å². The molecule has 0 fully saturated rings. The number of phenols is 1. The van der Waals surface area contributed by atoms with E-state index < -0.39 is 25.9 Å². The summed E-state index contributed by atoms with van der Waals surface area (Å²) in [5.74, 6) is -0.404. The Morgan fingerprint density at radius 2 is 1.77 bits per heavy atom. The lowest BCUT2D eigenvalue weighted by molar-refractivity contribution is 0.475. The summed E-state index contributed by atoms with van der Waals surface area (Å²) in [7, 11) is -4.90. The summed E-state index contributed by atoms with van der Waals surface area (Å²) < 4.78 is 33.3. The Kier molecular flexibility index (Phi) is 2.70. The van der Waals surface area contributed by atoms with Gasteiger partial charge >= 0.3 is 10.2 Å². The minimum atomic E-state index is -4.90. The molecule has 0 aliphatic heterocycles. The molecule has 0 heterocycles. The average Bonchev–Trinajstić information content (AvgIpc) is 1.94. The van der Waals surface area contributed by atoms with Gasteiger partial charge in [0.2, 0.25) is 0 Å². The van der Waals surface area contributed by atoms with Gasteiger partial charge in [-0.3, -0.25) is 0 Å². The van der Waals surface area contributed by atoms with E-state index >= 15 is 0 Å². The number of rotatable bonds is 1. The van der Waals surface area contributed by atoms with Gasteiger partial charge in [-0.05, 0) is 6.07 Å². The number of benzene rings is 1. The average molecular weight is 245 g/mol. The second kappa shape index (κ2) is 3.32. The number of phenolic OH excluding ortho intramolecular Hbond substituents is 1. The molecule has 7 heteroatoms. The molecule has 0 spiro atoms. The third-order valence-electron chi connectivity index (χ3n) is 1.26. The van der Waals surface area contributed by atoms with Crippen molar-refractivity contribution in [2.24, 2.45) is 0 Å². The lowest BCUT2D eigenvalue weighted by Gasteiger charge is -2.01. The first-order valence-corrected chi connectivity index (χ1v) is 5.09. The molecule has 0 aromatic heterocycles. The minimum absolute atomic E-state index is 0.277. The number of halogens is 3. The Labute approximate surface area is 83.9 Å². The molecule has 1 aromatic carbocycles. The van der Waals surface area contributed by atoms with Gasteiger partial charge < -0.3 is 5.11 Å². The maximum absolute atomic E-state index is 12.4. The lowest BCUT2D eigenvalue weighted by atomic mass is 10.3. The molecule has 0 atom stereocenters. The summed E-state index contributed by atoms with van der Waals surface area (Å²) in [6.07, 6.45) is 0. The van der Waals surface area contributed by atoms with Gasteiger partial charge in [0.25, 0.3) is 0 Å². The predicted octanol–water partition coefficient (Wildman–Crippen LogP) is 2.36. The standard InChI is InChI=1S/C6H3Cl2FO3S/c7-3-2-6(13(9,11)12)4(8)1-5(3)10/h1-2,10H. The Hall–Kier alpha value is -0.520. The Morgan fingerprint density at radius 1 is 1.23 bits per heavy atom. The van der Waals surface area contributed by atoms with Crippen LogP contribution >= 0.6 is 23.2 Å². The SMILES string of the molecule is O=S(=O)(F)c1cc(Cl)c(O)cc1Cl. The van der Waals surface area contributed by atoms with Crippen molar-refractivity contribution in [2.75, 3.05) is 0 Å². The van der Waals surface area contributed by atoms with Gasteiger partial charge in [0.05, 0.1) is 10.0 Å². The maximum Gasteiger partial charge on any atom is 0.333 e. The first-order chi connectivity index (χ1) is 5.82. The van der Waals surface area contributed by atoms with Crippen LogP contribution in [0.25, 0.3) is 0 Å². The van der Waals surface area contributed by atoms with Crippen molar-refractivity contribution in [3.63, 3.8) is 0 Å². The molecule has 0 aliphatic rings. The van der Waals surface area contributed by atoms with Crippen LogP contribution in [-0.2, 0) is 10.2 Å². The van der Waals surface area contributed by atoms with E-state index in [2.05, 4.69) is 0 Å². The van der Waals surface area contributed by atoms with Crippen LogP contribution < -0.4 is 0 Å². The summed E-state index contributed by atoms with van der Waals surface area (Å²) in [5, 5.41) is 8.27. The van der Waals surface area contributed by atoms with Crippen molar-refractivity contribution >= 4 is 33.4 Å². The highest BCUT2D eigenvalue weighted by Crippen LogP contribution is 2.33. The van der Waals surface area contributed by atoms with Crippen LogP contribution in [0.4, 0.5) is 3.89 Å². The first-order valence-electron chi connectivity index (χ1n) is 2.95. The van der Waals surface area contributed by atoms with E-state index in [9.17, 15) is 12.3 Å². The largest absolute Gasteiger partial charge is 0.506 e. The third-order valence-corrected chi connectivity index (χ3v) is 2.85. The molecule has 13 heavy (non-hydrogen) atoms. The summed E-state index contributed by atoms with van der Waals surface area (Å²) in [5.41, 5.74) is 0. The molecular formula is C6H3Cl2FO3S. The quantitative estimate of drug-likeness (QED) is 0.772. The van der Waals surface area contributed by atoms with Gasteiger partial charge in [-0.25, -0.2) is 0 Å². The first kappa shape index (κ1) is 10.6. The zero-order valence-corrected chi connectivity index (χ0v) is 8.29. The van der Waals surface area contributed by atoms with Crippen molar-refractivity contribution in [3.8, 4) is 5.75 Å². The van der Waals surface area contributed by atoms with Gasteiger partial charge in [-0.1, -0.05) is 23.2 Å². The summed E-state index contributed by atoms with van der Waals surface area (Å²) in [6, 6.07) is 1.60. The van der Waals surface area contributed by atoms with Crippen molar-refractivity contribution < 1.29 is 17.4 Å². The Morgan fingerprint density at radius 3 is 2.23 bits per heavy atom. The molecule has 1 N–H and O–H groups in total. The molecule has 0 saturated heterocycles. The van der Waals surface area contributed by atoms with Crippen LogP contribution in [0.1, 0.15) is 0 Å². The van der Waals surface area contributed by atoms with Crippen molar-refractivity contribution in [1.82, 2.24) is 0 Å². The number of aromatic hydroxyl groups is 1. The smallest absolute Gasteiger partial charge is 0.333 e. The van der Waals surface area contributed by atoms with Crippen LogP contribution in [0.2, 0.25) is 10.0 Å². The molecule has 0 aliphatic carbocycles. The Balaban J connectivity index is 3.50. The highest BCUT2D eigenvalue weighted by molar-refractivity contribution is 7.86. The van der Waals surface area contributed by atoms with Crippen molar-refractivity contribution in [1.29, 1.82) is 0 Å². The highest BCUT2D eigenvalue weighted by atomic mass is 35.5. The highest BCUT2D eigenvalue weighted by Gasteiger charge is 2.18. The fraction of sp³-hybridized carbons (Fsp3) is 0. The molecule has 1 rings (SSSR count). The fourth-order valence-corrected chi connectivity index (χ4v) is 1.92. The second-order valence-corrected chi connectivity index (χ2v) is 4.30. The van der Waals surface area contributed by atoms with Crippen LogP contribution in [-0.4, -0.2) is 13.5 Å². The van der Waals surface area contributed by atoms with Gasteiger partial charge in [0.1, 0.15) is 10.6 Å². The summed E-state index contributed by atoms with van der Waals surface area (Å²) in [6.45, 7) is 0. The molecule has 0 unspecified atom stereocenters. The van der Waals surface area contributed by atoms with E-state index in [0.29, 0.717) is 0 Å². The van der Waals surface area contributed by atoms with Crippen LogP contribution in [0, 0.1) is 0 Å². The summed E-state index contributed by atoms with van der Waals surface area (Å²) >= 11 is 10.7. The van der Waals surface area contributed by atoms with E-state index in [1.54, 1.807) is 0 Å². The zero-order valence-electron chi connectivity index (χ0n) is 5.96. The van der Waals surface area contributed by atoms with Crippen molar-refractivity contribution in [3.05, 3.63) is 22.2 Å². The topological polar surface area (TPSA) is 54.4 Å². The van der Waals surface area contributed by atoms with E-state index in [4.69, 9.17) is 28.3 Å². The molecule has 0 amide bonds. The van der Waals surface area contributed by atoms with Crippen LogP contribution in [0.15, 0.2) is 17.0 Å². The molecule has 3 nitrogen and oxygen atoms in total. The molecular weight excluding hydrogens is 242 g/mol. The van der Waals surface area contributed by atoms with Gasteiger partial charge in [0, 0.05) is 6.07 Å². The molecule has 0 saturated carbocycles. The molecule has 72 valence electrons. The van der Waals surface area contributed by atoms with Crippen LogP contribution in [0.3, 0.4) is 0 Å². The molecule has 0 bridgehead atoms. The van der Waals surface area contributed by atoms with E-state index in [1.165, 1.54) is 0 Å². The van der Waals surface area contributed by atoms with Gasteiger partial charge in [-0.2, -0.15) is 8.42 Å². The number of hydrogen-bond donors (Lipinski definition) is 1. The molecule has 1 aromatic rings. The predicted molar refractivity (Wildman–Crippen MR) is 46.4 cm³/mol. The fourth-order valence-electron chi connectivity index (χ4n) is 0.705. The van der Waals surface area contributed by atoms with Gasteiger partial charge in [0.15, 0.2) is 0 Å². The summed E-state index contributed by atoms with van der Waals surface area (Å²) in [4.78, 5) is -0.753. The Bertz CT molecular complexity index is 443. The van der Waals surface area contributed by atoms with E-state index in [-0.39, 0.29) is 5.02 Å². The lowest BCUT2D eigenvalue weighted by Crippen LogP contribution is -1.93. The molecule has 0 radical (unpaired) electrons. The van der Waals surface area contributed by atoms with Crippen molar-refractivity contribution in [2.45, 2.75) is 4.90 Å².